The molecule has 1 amide bonds. The van der Waals surface area contributed by atoms with Crippen LogP contribution < -0.4 is 0 Å². The van der Waals surface area contributed by atoms with Gasteiger partial charge in [-0.2, -0.15) is 0 Å². The molecule has 6 rings (SSSR count). The number of carbonyl (C=O) groups is 1. The first kappa shape index (κ1) is 23.7. The molecule has 3 aromatic carbocycles. The summed E-state index contributed by atoms with van der Waals surface area (Å²) in [6.07, 6.45) is 4.28. The first-order valence-electron chi connectivity index (χ1n) is 13.3. The first-order valence-corrected chi connectivity index (χ1v) is 13.3. The molecule has 0 unspecified atom stereocenters. The van der Waals surface area contributed by atoms with Crippen molar-refractivity contribution in [3.05, 3.63) is 102 Å². The Labute approximate surface area is 218 Å². The number of hydrogen-bond donors (Lipinski definition) is 0. The van der Waals surface area contributed by atoms with E-state index in [9.17, 15) is 4.79 Å². The number of morpholine rings is 1. The van der Waals surface area contributed by atoms with Crippen LogP contribution in [-0.4, -0.2) is 42.1 Å². The highest BCUT2D eigenvalue weighted by Crippen LogP contribution is 2.44. The van der Waals surface area contributed by atoms with Crippen LogP contribution in [0.25, 0.3) is 22.6 Å². The number of oxazole rings is 1. The van der Waals surface area contributed by atoms with Crippen molar-refractivity contribution < 1.29 is 13.9 Å². The SMILES string of the molecule is O=C(c1cccc(C[C@@H]2CCC[C@H]2c2nc(-c3ccccc3)c(-c3ccccc3)o2)c1)N1CCOCC1. The molecule has 2 fully saturated rings. The molecule has 1 aromatic heterocycles. The predicted octanol–water partition coefficient (Wildman–Crippen LogP) is 6.61. The minimum absolute atomic E-state index is 0.0980. The van der Waals surface area contributed by atoms with Crippen molar-refractivity contribution in [2.24, 2.45) is 5.92 Å². The van der Waals surface area contributed by atoms with Gasteiger partial charge in [-0.05, 0) is 42.9 Å². The smallest absolute Gasteiger partial charge is 0.254 e. The minimum Gasteiger partial charge on any atom is -0.440 e. The van der Waals surface area contributed by atoms with Gasteiger partial charge in [-0.25, -0.2) is 4.98 Å². The summed E-state index contributed by atoms with van der Waals surface area (Å²) >= 11 is 0. The maximum absolute atomic E-state index is 13.0. The van der Waals surface area contributed by atoms with E-state index in [0.29, 0.717) is 32.2 Å². The molecule has 1 saturated carbocycles. The molecule has 2 aliphatic rings. The number of hydrogen-bond acceptors (Lipinski definition) is 4. The Morgan fingerprint density at radius 1 is 0.865 bits per heavy atom. The molecule has 188 valence electrons. The Kier molecular flexibility index (Phi) is 6.87. The van der Waals surface area contributed by atoms with Crippen molar-refractivity contribution in [3.8, 4) is 22.6 Å². The van der Waals surface area contributed by atoms with Crippen LogP contribution in [0, 0.1) is 5.92 Å². The summed E-state index contributed by atoms with van der Waals surface area (Å²) in [6.45, 7) is 2.54. The molecular weight excluding hydrogens is 460 g/mol. The van der Waals surface area contributed by atoms with Gasteiger partial charge in [0.1, 0.15) is 5.69 Å². The van der Waals surface area contributed by atoms with Crippen molar-refractivity contribution in [3.63, 3.8) is 0 Å². The molecule has 1 aliphatic heterocycles. The lowest BCUT2D eigenvalue weighted by atomic mass is 9.89. The van der Waals surface area contributed by atoms with Gasteiger partial charge in [-0.3, -0.25) is 4.79 Å². The van der Waals surface area contributed by atoms with Gasteiger partial charge in [0, 0.05) is 35.7 Å². The molecule has 0 bridgehead atoms. The fraction of sp³-hybridized carbons (Fsp3) is 0.312. The molecule has 0 radical (unpaired) electrons. The third-order valence-corrected chi connectivity index (χ3v) is 7.67. The van der Waals surface area contributed by atoms with E-state index < -0.39 is 0 Å². The zero-order valence-electron chi connectivity index (χ0n) is 21.0. The van der Waals surface area contributed by atoms with Gasteiger partial charge < -0.3 is 14.1 Å². The van der Waals surface area contributed by atoms with E-state index in [-0.39, 0.29) is 11.8 Å². The van der Waals surface area contributed by atoms with Gasteiger partial charge in [0.15, 0.2) is 11.7 Å². The van der Waals surface area contributed by atoms with Crippen LogP contribution in [0.5, 0.6) is 0 Å². The highest BCUT2D eigenvalue weighted by Gasteiger charge is 2.34. The molecule has 1 saturated heterocycles. The second-order valence-corrected chi connectivity index (χ2v) is 10.1. The van der Waals surface area contributed by atoms with E-state index in [1.54, 1.807) is 0 Å². The molecule has 37 heavy (non-hydrogen) atoms. The third kappa shape index (κ3) is 5.09. The second-order valence-electron chi connectivity index (χ2n) is 10.1. The van der Waals surface area contributed by atoms with E-state index in [0.717, 1.165) is 59.7 Å². The molecule has 4 aromatic rings. The van der Waals surface area contributed by atoms with E-state index >= 15 is 0 Å². The van der Waals surface area contributed by atoms with E-state index in [2.05, 4.69) is 36.4 Å². The molecule has 5 heteroatoms. The Morgan fingerprint density at radius 2 is 1.59 bits per heavy atom. The summed E-state index contributed by atoms with van der Waals surface area (Å²) in [4.78, 5) is 20.0. The van der Waals surface area contributed by atoms with Gasteiger partial charge in [0.05, 0.1) is 13.2 Å². The van der Waals surface area contributed by atoms with Gasteiger partial charge in [-0.1, -0.05) is 79.2 Å². The largest absolute Gasteiger partial charge is 0.440 e. The van der Waals surface area contributed by atoms with E-state index in [1.807, 2.05) is 53.4 Å². The van der Waals surface area contributed by atoms with Crippen LogP contribution in [-0.2, 0) is 11.2 Å². The van der Waals surface area contributed by atoms with Gasteiger partial charge >= 0.3 is 0 Å². The van der Waals surface area contributed by atoms with Crippen LogP contribution in [0.15, 0.2) is 89.3 Å². The van der Waals surface area contributed by atoms with E-state index in [1.165, 1.54) is 5.56 Å². The molecule has 2 atom stereocenters. The topological polar surface area (TPSA) is 55.6 Å². The summed E-state index contributed by atoms with van der Waals surface area (Å²) < 4.78 is 12.0. The maximum Gasteiger partial charge on any atom is 0.254 e. The third-order valence-electron chi connectivity index (χ3n) is 7.67. The lowest BCUT2D eigenvalue weighted by Crippen LogP contribution is -2.40. The number of carbonyl (C=O) groups excluding carboxylic acids is 1. The predicted molar refractivity (Wildman–Crippen MR) is 144 cm³/mol. The summed E-state index contributed by atoms with van der Waals surface area (Å²) in [6, 6.07) is 28.7. The summed E-state index contributed by atoms with van der Waals surface area (Å²) in [5.74, 6) is 2.46. The number of aromatic nitrogens is 1. The summed E-state index contributed by atoms with van der Waals surface area (Å²) in [7, 11) is 0. The lowest BCUT2D eigenvalue weighted by molar-refractivity contribution is 0.0303. The number of nitrogens with zero attached hydrogens (tertiary/aromatic N) is 2. The summed E-state index contributed by atoms with van der Waals surface area (Å²) in [5.41, 5.74) is 4.99. The quantitative estimate of drug-likeness (QED) is 0.304. The normalized spacial score (nSPS) is 19.7. The number of amides is 1. The fourth-order valence-corrected chi connectivity index (χ4v) is 5.76. The Bertz CT molecular complexity index is 1290. The van der Waals surface area contributed by atoms with Crippen LogP contribution in [0.2, 0.25) is 0 Å². The highest BCUT2D eigenvalue weighted by molar-refractivity contribution is 5.94. The first-order chi connectivity index (χ1) is 18.3. The van der Waals surface area contributed by atoms with E-state index in [4.69, 9.17) is 14.1 Å². The van der Waals surface area contributed by atoms with Crippen LogP contribution in [0.3, 0.4) is 0 Å². The molecule has 0 spiro atoms. The van der Waals surface area contributed by atoms with Crippen LogP contribution in [0.4, 0.5) is 0 Å². The fourth-order valence-electron chi connectivity index (χ4n) is 5.76. The van der Waals surface area contributed by atoms with Crippen LogP contribution >= 0.6 is 0 Å². The zero-order valence-corrected chi connectivity index (χ0v) is 21.0. The average Bonchev–Trinajstić information content (AvgIpc) is 3.61. The van der Waals surface area contributed by atoms with Gasteiger partial charge in [-0.15, -0.1) is 0 Å². The summed E-state index contributed by atoms with van der Waals surface area (Å²) in [5, 5.41) is 0. The Morgan fingerprint density at radius 3 is 2.35 bits per heavy atom. The second kappa shape index (κ2) is 10.7. The van der Waals surface area contributed by atoms with Crippen molar-refractivity contribution in [2.45, 2.75) is 31.6 Å². The Hall–Kier alpha value is -3.70. The van der Waals surface area contributed by atoms with Crippen molar-refractivity contribution in [2.75, 3.05) is 26.3 Å². The zero-order chi connectivity index (χ0) is 25.0. The van der Waals surface area contributed by atoms with Crippen LogP contribution in [0.1, 0.15) is 47.0 Å². The standard InChI is InChI=1S/C32H32N2O3/c35-32(34-17-19-36-20-18-34)27-15-7-9-23(22-27)21-26-14-8-16-28(26)31-33-29(24-10-3-1-4-11-24)30(37-31)25-12-5-2-6-13-25/h1-7,9-13,15,22,26,28H,8,14,16-21H2/t26-,28+/m0/s1. The number of rotatable bonds is 6. The molecule has 0 N–H and O–H groups in total. The Balaban J connectivity index is 1.26. The molecule has 5 nitrogen and oxygen atoms in total. The molecular formula is C32H32N2O3. The van der Waals surface area contributed by atoms with Gasteiger partial charge in [0.2, 0.25) is 0 Å². The van der Waals surface area contributed by atoms with Crippen molar-refractivity contribution >= 4 is 5.91 Å². The highest BCUT2D eigenvalue weighted by atomic mass is 16.5. The van der Waals surface area contributed by atoms with Crippen molar-refractivity contribution in [1.82, 2.24) is 9.88 Å². The maximum atomic E-state index is 13.0. The minimum atomic E-state index is 0.0980. The molecule has 2 heterocycles. The van der Waals surface area contributed by atoms with Gasteiger partial charge in [0.25, 0.3) is 5.91 Å². The number of benzene rings is 3. The number of ether oxygens (including phenoxy) is 1. The molecule has 1 aliphatic carbocycles. The monoisotopic (exact) mass is 492 g/mol. The van der Waals surface area contributed by atoms with Crippen molar-refractivity contribution in [1.29, 1.82) is 0 Å². The average molecular weight is 493 g/mol. The lowest BCUT2D eigenvalue weighted by Gasteiger charge is -2.27.